The summed E-state index contributed by atoms with van der Waals surface area (Å²) < 4.78 is 31.5. The lowest BCUT2D eigenvalue weighted by molar-refractivity contribution is 0.0908. The molecule has 0 saturated carbocycles. The molecule has 1 amide bonds. The number of thiophene rings is 1. The number of nitrogens with one attached hydrogen (secondary N) is 2. The summed E-state index contributed by atoms with van der Waals surface area (Å²) in [5.74, 6) is 0.123. The fourth-order valence-electron chi connectivity index (χ4n) is 3.28. The van der Waals surface area contributed by atoms with Gasteiger partial charge in [0.2, 0.25) is 0 Å². The Kier molecular flexibility index (Phi) is 6.27. The SMILES string of the molecule is Cc1noc(C)c1NC(=O)OCC(Oc1cc(F)cc2sc(C(=N)N)cc12)c1ccccc1. The molecule has 10 heteroatoms. The van der Waals surface area contributed by atoms with Gasteiger partial charge in [-0.15, -0.1) is 11.3 Å². The average Bonchev–Trinajstić information content (AvgIpc) is 3.36. The lowest BCUT2D eigenvalue weighted by Gasteiger charge is -2.20. The van der Waals surface area contributed by atoms with Crippen LogP contribution in [0.15, 0.2) is 53.1 Å². The predicted octanol–water partition coefficient (Wildman–Crippen LogP) is 5.30. The van der Waals surface area contributed by atoms with Crippen LogP contribution in [0, 0.1) is 25.1 Å². The number of rotatable bonds is 7. The quantitative estimate of drug-likeness (QED) is 0.250. The second-order valence-electron chi connectivity index (χ2n) is 7.28. The van der Waals surface area contributed by atoms with E-state index in [0.717, 1.165) is 5.56 Å². The van der Waals surface area contributed by atoms with E-state index < -0.39 is 18.0 Å². The maximum atomic E-state index is 14.3. The van der Waals surface area contributed by atoms with E-state index in [0.29, 0.717) is 32.1 Å². The highest BCUT2D eigenvalue weighted by Gasteiger charge is 2.21. The number of halogens is 1. The average molecular weight is 469 g/mol. The van der Waals surface area contributed by atoms with E-state index in [4.69, 9.17) is 25.1 Å². The van der Waals surface area contributed by atoms with Crippen molar-refractivity contribution < 1.29 is 23.2 Å². The first-order valence-electron chi connectivity index (χ1n) is 9.97. The van der Waals surface area contributed by atoms with Gasteiger partial charge in [0, 0.05) is 16.2 Å². The van der Waals surface area contributed by atoms with Crippen LogP contribution in [-0.2, 0) is 4.74 Å². The van der Waals surface area contributed by atoms with Gasteiger partial charge in [-0.25, -0.2) is 9.18 Å². The van der Waals surface area contributed by atoms with Crippen LogP contribution in [0.25, 0.3) is 10.1 Å². The van der Waals surface area contributed by atoms with Crippen LogP contribution in [0.1, 0.15) is 28.0 Å². The number of hydrogen-bond acceptors (Lipinski definition) is 7. The third kappa shape index (κ3) is 4.96. The highest BCUT2D eigenvalue weighted by atomic mass is 32.1. The largest absolute Gasteiger partial charge is 0.481 e. The number of ether oxygens (including phenoxy) is 2. The Hall–Kier alpha value is -3.92. The first-order chi connectivity index (χ1) is 15.8. The molecule has 4 aromatic rings. The van der Waals surface area contributed by atoms with E-state index in [1.165, 1.54) is 23.5 Å². The molecule has 0 radical (unpaired) electrons. The normalized spacial score (nSPS) is 11.8. The van der Waals surface area contributed by atoms with Gasteiger partial charge in [0.25, 0.3) is 0 Å². The van der Waals surface area contributed by atoms with Crippen LogP contribution < -0.4 is 15.8 Å². The van der Waals surface area contributed by atoms with Crippen molar-refractivity contribution in [1.29, 1.82) is 5.41 Å². The summed E-state index contributed by atoms with van der Waals surface area (Å²) in [7, 11) is 0. The number of aromatic nitrogens is 1. The van der Waals surface area contributed by atoms with Crippen molar-refractivity contribution in [2.24, 2.45) is 5.73 Å². The number of nitrogen functional groups attached to an aromatic ring is 1. The Morgan fingerprint density at radius 3 is 2.70 bits per heavy atom. The monoisotopic (exact) mass is 468 g/mol. The number of anilines is 1. The standard InChI is InChI=1S/C23H21FN4O4S/c1-12-21(13(2)32-28-12)27-23(29)30-11-18(14-6-4-3-5-7-14)31-17-8-15(24)9-19-16(17)10-20(33-19)22(25)26/h3-10,18H,11H2,1-2H3,(H3,25,26)(H,27,29). The van der Waals surface area contributed by atoms with Crippen LogP contribution in [0.5, 0.6) is 5.75 Å². The topological polar surface area (TPSA) is 123 Å². The number of nitrogens with zero attached hydrogens (tertiary/aromatic N) is 1. The molecule has 1 atom stereocenters. The Morgan fingerprint density at radius 2 is 2.03 bits per heavy atom. The van der Waals surface area contributed by atoms with Crippen LogP contribution >= 0.6 is 11.3 Å². The summed E-state index contributed by atoms with van der Waals surface area (Å²) in [5, 5.41) is 14.7. The number of benzene rings is 2. The van der Waals surface area contributed by atoms with Crippen molar-refractivity contribution in [1.82, 2.24) is 5.16 Å². The molecular formula is C23H21FN4O4S. The van der Waals surface area contributed by atoms with Crippen molar-refractivity contribution in [2.45, 2.75) is 20.0 Å². The minimum atomic E-state index is -0.715. The number of fused-ring (bicyclic) bond motifs is 1. The molecule has 0 fully saturated rings. The van der Waals surface area contributed by atoms with Gasteiger partial charge in [-0.2, -0.15) is 0 Å². The lowest BCUT2D eigenvalue weighted by Crippen LogP contribution is -2.21. The van der Waals surface area contributed by atoms with Crippen molar-refractivity contribution in [3.05, 3.63) is 76.2 Å². The number of amidine groups is 1. The van der Waals surface area contributed by atoms with Gasteiger partial charge in [-0.3, -0.25) is 10.7 Å². The van der Waals surface area contributed by atoms with Crippen LogP contribution in [0.2, 0.25) is 0 Å². The molecule has 170 valence electrons. The number of carbonyl (C=O) groups is 1. The van der Waals surface area contributed by atoms with E-state index in [9.17, 15) is 9.18 Å². The third-order valence-corrected chi connectivity index (χ3v) is 6.01. The number of amides is 1. The van der Waals surface area contributed by atoms with Gasteiger partial charge in [-0.05, 0) is 31.5 Å². The molecule has 0 aliphatic rings. The van der Waals surface area contributed by atoms with E-state index in [-0.39, 0.29) is 18.2 Å². The number of nitrogens with two attached hydrogens (primary N) is 1. The molecule has 2 aromatic heterocycles. The number of hydrogen-bond donors (Lipinski definition) is 3. The molecule has 0 aliphatic heterocycles. The predicted molar refractivity (Wildman–Crippen MR) is 124 cm³/mol. The smallest absolute Gasteiger partial charge is 0.411 e. The minimum absolute atomic E-state index is 0.110. The zero-order chi connectivity index (χ0) is 23.5. The summed E-state index contributed by atoms with van der Waals surface area (Å²) in [6, 6.07) is 13.5. The van der Waals surface area contributed by atoms with E-state index >= 15 is 0 Å². The Morgan fingerprint density at radius 1 is 1.27 bits per heavy atom. The summed E-state index contributed by atoms with van der Waals surface area (Å²) in [6.45, 7) is 3.24. The van der Waals surface area contributed by atoms with E-state index in [1.807, 2.05) is 30.3 Å². The number of carbonyl (C=O) groups excluding carboxylic acids is 1. The summed E-state index contributed by atoms with van der Waals surface area (Å²) in [6.07, 6.45) is -1.42. The fourth-order valence-corrected chi connectivity index (χ4v) is 4.24. The molecule has 0 saturated heterocycles. The second-order valence-corrected chi connectivity index (χ2v) is 8.36. The van der Waals surface area contributed by atoms with Crippen LogP contribution in [0.4, 0.5) is 14.9 Å². The molecular weight excluding hydrogens is 447 g/mol. The first-order valence-corrected chi connectivity index (χ1v) is 10.8. The van der Waals surface area contributed by atoms with Crippen molar-refractivity contribution in [2.75, 3.05) is 11.9 Å². The molecule has 4 N–H and O–H groups in total. The minimum Gasteiger partial charge on any atom is -0.481 e. The van der Waals surface area contributed by atoms with Crippen molar-refractivity contribution in [3.8, 4) is 5.75 Å². The Bertz CT molecular complexity index is 1300. The molecule has 2 aromatic carbocycles. The van der Waals surface area contributed by atoms with Gasteiger partial charge in [0.15, 0.2) is 11.9 Å². The zero-order valence-corrected chi connectivity index (χ0v) is 18.7. The maximum absolute atomic E-state index is 14.3. The Labute approximate surface area is 192 Å². The van der Waals surface area contributed by atoms with Gasteiger partial charge in [-0.1, -0.05) is 35.5 Å². The molecule has 1 unspecified atom stereocenters. The third-order valence-electron chi connectivity index (χ3n) is 4.90. The molecule has 33 heavy (non-hydrogen) atoms. The molecule has 0 aliphatic carbocycles. The molecule has 8 nitrogen and oxygen atoms in total. The van der Waals surface area contributed by atoms with Crippen molar-refractivity contribution in [3.63, 3.8) is 0 Å². The number of aryl methyl sites for hydroxylation is 2. The molecule has 4 rings (SSSR count). The second kappa shape index (κ2) is 9.29. The summed E-state index contributed by atoms with van der Waals surface area (Å²) in [4.78, 5) is 12.9. The van der Waals surface area contributed by atoms with Gasteiger partial charge in [0.05, 0.1) is 4.88 Å². The van der Waals surface area contributed by atoms with Crippen LogP contribution in [-0.4, -0.2) is 23.7 Å². The first kappa shape index (κ1) is 22.3. The summed E-state index contributed by atoms with van der Waals surface area (Å²) in [5.41, 5.74) is 7.31. The van der Waals surface area contributed by atoms with Gasteiger partial charge < -0.3 is 19.7 Å². The van der Waals surface area contributed by atoms with E-state index in [2.05, 4.69) is 10.5 Å². The van der Waals surface area contributed by atoms with E-state index in [1.54, 1.807) is 19.9 Å². The lowest BCUT2D eigenvalue weighted by atomic mass is 10.1. The maximum Gasteiger partial charge on any atom is 0.411 e. The fraction of sp³-hybridized carbons (Fsp3) is 0.174. The highest BCUT2D eigenvalue weighted by Crippen LogP contribution is 2.36. The summed E-state index contributed by atoms with van der Waals surface area (Å²) >= 11 is 1.20. The highest BCUT2D eigenvalue weighted by molar-refractivity contribution is 7.20. The van der Waals surface area contributed by atoms with Crippen molar-refractivity contribution >= 4 is 39.0 Å². The molecule has 0 bridgehead atoms. The Balaban J connectivity index is 1.58. The zero-order valence-electron chi connectivity index (χ0n) is 17.8. The van der Waals surface area contributed by atoms with Gasteiger partial charge >= 0.3 is 6.09 Å². The molecule has 0 spiro atoms. The van der Waals surface area contributed by atoms with Crippen LogP contribution in [0.3, 0.4) is 0 Å². The molecule has 2 heterocycles. The van der Waals surface area contributed by atoms with Gasteiger partial charge in [0.1, 0.15) is 35.4 Å².